The van der Waals surface area contributed by atoms with Crippen molar-refractivity contribution in [2.24, 2.45) is 0 Å². The molecular weight excluding hydrogens is 240 g/mol. The second-order valence-electron chi connectivity index (χ2n) is 6.04. The van der Waals surface area contributed by atoms with Gasteiger partial charge in [-0.2, -0.15) is 0 Å². The van der Waals surface area contributed by atoms with Crippen molar-refractivity contribution in [3.63, 3.8) is 0 Å². The van der Waals surface area contributed by atoms with Crippen LogP contribution in [0.15, 0.2) is 0 Å². The Labute approximate surface area is 117 Å². The number of rotatable bonds is 4. The highest BCUT2D eigenvalue weighted by molar-refractivity contribution is 5.75. The van der Waals surface area contributed by atoms with Crippen molar-refractivity contribution in [1.82, 2.24) is 19.6 Å². The standard InChI is InChI=1S/C14H28N4O/c1-5-16(4)14(19)18-11-10-17(9-8-15(2)3)12-6-7-13(12)18/h12-13H,5-11H2,1-4H3. The summed E-state index contributed by atoms with van der Waals surface area (Å²) in [5.74, 6) is 0. The Morgan fingerprint density at radius 2 is 1.84 bits per heavy atom. The van der Waals surface area contributed by atoms with Crippen molar-refractivity contribution in [1.29, 1.82) is 0 Å². The lowest BCUT2D eigenvalue weighted by molar-refractivity contribution is -0.0247. The van der Waals surface area contributed by atoms with E-state index in [0.29, 0.717) is 12.1 Å². The maximum absolute atomic E-state index is 12.3. The van der Waals surface area contributed by atoms with E-state index in [9.17, 15) is 4.79 Å². The van der Waals surface area contributed by atoms with E-state index in [0.717, 1.165) is 32.7 Å². The van der Waals surface area contributed by atoms with Crippen LogP contribution in [0, 0.1) is 0 Å². The summed E-state index contributed by atoms with van der Waals surface area (Å²) in [6.45, 7) is 6.96. The van der Waals surface area contributed by atoms with E-state index in [-0.39, 0.29) is 6.03 Å². The Balaban J connectivity index is 1.91. The second kappa shape index (κ2) is 6.09. The molecule has 19 heavy (non-hydrogen) atoms. The van der Waals surface area contributed by atoms with Crippen LogP contribution < -0.4 is 0 Å². The van der Waals surface area contributed by atoms with E-state index in [1.807, 2.05) is 18.9 Å². The van der Waals surface area contributed by atoms with Crippen LogP contribution in [0.25, 0.3) is 0 Å². The van der Waals surface area contributed by atoms with Gasteiger partial charge in [-0.15, -0.1) is 0 Å². The zero-order chi connectivity index (χ0) is 14.0. The number of piperazine rings is 1. The molecule has 2 fully saturated rings. The van der Waals surface area contributed by atoms with Crippen LogP contribution in [0.3, 0.4) is 0 Å². The van der Waals surface area contributed by atoms with Gasteiger partial charge in [0, 0.05) is 51.9 Å². The van der Waals surface area contributed by atoms with Crippen molar-refractivity contribution in [3.05, 3.63) is 0 Å². The second-order valence-corrected chi connectivity index (χ2v) is 6.04. The molecule has 0 aromatic carbocycles. The molecule has 5 heteroatoms. The maximum atomic E-state index is 12.3. The van der Waals surface area contributed by atoms with E-state index >= 15 is 0 Å². The Bertz CT molecular complexity index is 321. The molecule has 1 aliphatic carbocycles. The summed E-state index contributed by atoms with van der Waals surface area (Å²) in [6.07, 6.45) is 2.42. The summed E-state index contributed by atoms with van der Waals surface area (Å²) in [6, 6.07) is 1.27. The van der Waals surface area contributed by atoms with Crippen molar-refractivity contribution in [3.8, 4) is 0 Å². The lowest BCUT2D eigenvalue weighted by Gasteiger charge is -2.54. The Morgan fingerprint density at radius 1 is 1.16 bits per heavy atom. The molecule has 1 heterocycles. The molecule has 0 bridgehead atoms. The van der Waals surface area contributed by atoms with Crippen LogP contribution in [-0.4, -0.2) is 91.6 Å². The van der Waals surface area contributed by atoms with Crippen LogP contribution in [0.1, 0.15) is 19.8 Å². The molecule has 110 valence electrons. The van der Waals surface area contributed by atoms with E-state index in [4.69, 9.17) is 0 Å². The third-order valence-corrected chi connectivity index (χ3v) is 4.58. The lowest BCUT2D eigenvalue weighted by atomic mass is 9.82. The van der Waals surface area contributed by atoms with E-state index in [1.165, 1.54) is 12.8 Å². The monoisotopic (exact) mass is 268 g/mol. The van der Waals surface area contributed by atoms with Crippen molar-refractivity contribution in [2.75, 3.05) is 53.9 Å². The summed E-state index contributed by atoms with van der Waals surface area (Å²) in [5.41, 5.74) is 0. The van der Waals surface area contributed by atoms with Gasteiger partial charge < -0.3 is 14.7 Å². The summed E-state index contributed by atoms with van der Waals surface area (Å²) in [4.78, 5) is 21.0. The smallest absolute Gasteiger partial charge is 0.320 e. The van der Waals surface area contributed by atoms with Crippen LogP contribution in [-0.2, 0) is 0 Å². The number of urea groups is 1. The largest absolute Gasteiger partial charge is 0.328 e. The molecule has 1 saturated heterocycles. The maximum Gasteiger partial charge on any atom is 0.320 e. The van der Waals surface area contributed by atoms with Crippen LogP contribution in [0.2, 0.25) is 0 Å². The summed E-state index contributed by atoms with van der Waals surface area (Å²) < 4.78 is 0. The van der Waals surface area contributed by atoms with Crippen LogP contribution in [0.4, 0.5) is 4.79 Å². The van der Waals surface area contributed by atoms with Gasteiger partial charge in [-0.3, -0.25) is 4.90 Å². The van der Waals surface area contributed by atoms with Gasteiger partial charge in [0.1, 0.15) is 0 Å². The van der Waals surface area contributed by atoms with Gasteiger partial charge in [0.25, 0.3) is 0 Å². The molecule has 1 aliphatic heterocycles. The fraction of sp³-hybridized carbons (Fsp3) is 0.929. The van der Waals surface area contributed by atoms with Crippen molar-refractivity contribution in [2.45, 2.75) is 31.8 Å². The molecule has 0 radical (unpaired) electrons. The first-order valence-corrected chi connectivity index (χ1v) is 7.45. The minimum atomic E-state index is 0.212. The van der Waals surface area contributed by atoms with Gasteiger partial charge in [-0.25, -0.2) is 4.79 Å². The molecular formula is C14H28N4O. The first-order chi connectivity index (χ1) is 9.04. The first-order valence-electron chi connectivity index (χ1n) is 7.45. The van der Waals surface area contributed by atoms with Gasteiger partial charge in [-0.1, -0.05) is 0 Å². The molecule has 0 aromatic rings. The molecule has 0 aromatic heterocycles. The topological polar surface area (TPSA) is 30.0 Å². The Morgan fingerprint density at radius 3 is 2.37 bits per heavy atom. The Hall–Kier alpha value is -0.810. The lowest BCUT2D eigenvalue weighted by Crippen LogP contribution is -2.67. The molecule has 2 amide bonds. The van der Waals surface area contributed by atoms with E-state index in [1.54, 1.807) is 0 Å². The fourth-order valence-electron chi connectivity index (χ4n) is 3.02. The number of fused-ring (bicyclic) bond motifs is 1. The van der Waals surface area contributed by atoms with Gasteiger partial charge in [0.15, 0.2) is 0 Å². The van der Waals surface area contributed by atoms with E-state index in [2.05, 4.69) is 28.8 Å². The van der Waals surface area contributed by atoms with Crippen molar-refractivity contribution < 1.29 is 4.79 Å². The van der Waals surface area contributed by atoms with Gasteiger partial charge in [0.05, 0.1) is 0 Å². The van der Waals surface area contributed by atoms with Crippen LogP contribution in [0.5, 0.6) is 0 Å². The van der Waals surface area contributed by atoms with Crippen molar-refractivity contribution >= 4 is 6.03 Å². The SMILES string of the molecule is CCN(C)C(=O)N1CCN(CCN(C)C)C2CCC21. The number of nitrogens with zero attached hydrogens (tertiary/aromatic N) is 4. The molecule has 1 saturated carbocycles. The Kier molecular flexibility index (Phi) is 4.68. The average molecular weight is 268 g/mol. The zero-order valence-electron chi connectivity index (χ0n) is 12.8. The highest BCUT2D eigenvalue weighted by atomic mass is 16.2. The van der Waals surface area contributed by atoms with Gasteiger partial charge >= 0.3 is 6.03 Å². The van der Waals surface area contributed by atoms with E-state index < -0.39 is 0 Å². The molecule has 0 N–H and O–H groups in total. The quantitative estimate of drug-likeness (QED) is 0.754. The zero-order valence-corrected chi connectivity index (χ0v) is 12.8. The number of hydrogen-bond acceptors (Lipinski definition) is 3. The third-order valence-electron chi connectivity index (χ3n) is 4.58. The predicted octanol–water partition coefficient (Wildman–Crippen LogP) is 0.768. The summed E-state index contributed by atoms with van der Waals surface area (Å²) in [7, 11) is 6.14. The van der Waals surface area contributed by atoms with Gasteiger partial charge in [-0.05, 0) is 33.9 Å². The van der Waals surface area contributed by atoms with Crippen LogP contribution >= 0.6 is 0 Å². The molecule has 2 rings (SSSR count). The number of likely N-dealkylation sites (N-methyl/N-ethyl adjacent to an activating group) is 1. The third kappa shape index (κ3) is 3.03. The fourth-order valence-corrected chi connectivity index (χ4v) is 3.02. The number of carbonyl (C=O) groups excluding carboxylic acids is 1. The number of amides is 2. The normalized spacial score (nSPS) is 27.1. The highest BCUT2D eigenvalue weighted by Crippen LogP contribution is 2.33. The highest BCUT2D eigenvalue weighted by Gasteiger charge is 2.44. The first kappa shape index (κ1) is 14.6. The predicted molar refractivity (Wildman–Crippen MR) is 77.3 cm³/mol. The summed E-state index contributed by atoms with van der Waals surface area (Å²) in [5, 5.41) is 0. The number of carbonyl (C=O) groups is 1. The molecule has 2 aliphatic rings. The molecule has 0 spiro atoms. The minimum absolute atomic E-state index is 0.212. The molecule has 5 nitrogen and oxygen atoms in total. The molecule has 2 unspecified atom stereocenters. The molecule has 2 atom stereocenters. The average Bonchev–Trinajstić information content (AvgIpc) is 2.35. The summed E-state index contributed by atoms with van der Waals surface area (Å²) >= 11 is 0. The van der Waals surface area contributed by atoms with Gasteiger partial charge in [0.2, 0.25) is 0 Å². The minimum Gasteiger partial charge on any atom is -0.328 e. The number of hydrogen-bond donors (Lipinski definition) is 0.